The fourth-order valence-corrected chi connectivity index (χ4v) is 6.34. The normalized spacial score (nSPS) is 19.4. The van der Waals surface area contributed by atoms with Crippen molar-refractivity contribution in [3.8, 4) is 23.0 Å². The Bertz CT molecular complexity index is 1730. The Morgan fingerprint density at radius 2 is 1.90 bits per heavy atom. The molecule has 0 aliphatic carbocycles. The maximum Gasteiger partial charge on any atom is 0.301 e. The van der Waals surface area contributed by atoms with Gasteiger partial charge in [-0.3, -0.25) is 14.5 Å². The number of methoxy groups -OCH3 is 2. The molecule has 6 rings (SSSR count). The number of rotatable bonds is 7. The van der Waals surface area contributed by atoms with E-state index in [-0.39, 0.29) is 17.4 Å². The van der Waals surface area contributed by atoms with Gasteiger partial charge in [0, 0.05) is 12.0 Å². The minimum absolute atomic E-state index is 0.0157. The van der Waals surface area contributed by atoms with Crippen LogP contribution in [0.2, 0.25) is 0 Å². The zero-order chi connectivity index (χ0) is 28.8. The highest BCUT2D eigenvalue weighted by atomic mass is 32.1. The van der Waals surface area contributed by atoms with Crippen LogP contribution in [-0.2, 0) is 16.0 Å². The number of carbonyl (C=O) groups excluding carboxylic acids is 2. The maximum atomic E-state index is 13.7. The lowest BCUT2D eigenvalue weighted by atomic mass is 9.94. The van der Waals surface area contributed by atoms with E-state index in [0.29, 0.717) is 52.1 Å². The summed E-state index contributed by atoms with van der Waals surface area (Å²) in [6.07, 6.45) is 0.696. The van der Waals surface area contributed by atoms with Gasteiger partial charge in [-0.25, -0.2) is 4.98 Å². The standard InChI is InChI=1S/C31H28N2O7S/c1-5-39-23-11-6-17(14-24(23)38-4)27-26(28(34)18-7-10-22-19(13-18)12-16(2)40-22)29(35)30(36)33(27)31-32-21-9-8-20(37-3)15-25(21)41-31/h6-11,13-16,27,34H,5,12H2,1-4H3. The molecule has 2 unspecified atom stereocenters. The van der Waals surface area contributed by atoms with Crippen molar-refractivity contribution in [2.45, 2.75) is 32.4 Å². The third kappa shape index (κ3) is 4.54. The highest BCUT2D eigenvalue weighted by Gasteiger charge is 2.48. The second-order valence-electron chi connectivity index (χ2n) is 9.80. The van der Waals surface area contributed by atoms with E-state index in [9.17, 15) is 14.7 Å². The molecule has 1 amide bonds. The summed E-state index contributed by atoms with van der Waals surface area (Å²) >= 11 is 1.26. The lowest BCUT2D eigenvalue weighted by Crippen LogP contribution is -2.29. The summed E-state index contributed by atoms with van der Waals surface area (Å²) in [4.78, 5) is 33.4. The van der Waals surface area contributed by atoms with E-state index in [0.717, 1.165) is 16.0 Å². The molecule has 0 radical (unpaired) electrons. The summed E-state index contributed by atoms with van der Waals surface area (Å²) in [5.41, 5.74) is 2.53. The summed E-state index contributed by atoms with van der Waals surface area (Å²) < 4.78 is 23.2. The van der Waals surface area contributed by atoms with Crippen LogP contribution in [0.15, 0.2) is 60.2 Å². The van der Waals surface area contributed by atoms with Gasteiger partial charge < -0.3 is 24.1 Å². The summed E-state index contributed by atoms with van der Waals surface area (Å²) in [6, 6.07) is 14.9. The van der Waals surface area contributed by atoms with Crippen molar-refractivity contribution in [1.82, 2.24) is 4.98 Å². The number of hydrogen-bond donors (Lipinski definition) is 1. The van der Waals surface area contributed by atoms with Gasteiger partial charge in [-0.2, -0.15) is 0 Å². The number of fused-ring (bicyclic) bond motifs is 2. The molecule has 9 nitrogen and oxygen atoms in total. The van der Waals surface area contributed by atoms with Crippen LogP contribution in [0.1, 0.15) is 36.6 Å². The number of nitrogens with zero attached hydrogens (tertiary/aromatic N) is 2. The third-order valence-electron chi connectivity index (χ3n) is 7.21. The minimum atomic E-state index is -0.967. The van der Waals surface area contributed by atoms with Crippen LogP contribution in [0.4, 0.5) is 5.13 Å². The largest absolute Gasteiger partial charge is 0.507 e. The third-order valence-corrected chi connectivity index (χ3v) is 8.22. The predicted molar refractivity (Wildman–Crippen MR) is 155 cm³/mol. The highest BCUT2D eigenvalue weighted by Crippen LogP contribution is 2.46. The highest BCUT2D eigenvalue weighted by molar-refractivity contribution is 7.22. The van der Waals surface area contributed by atoms with Crippen LogP contribution in [0.3, 0.4) is 0 Å². The van der Waals surface area contributed by atoms with E-state index in [4.69, 9.17) is 18.9 Å². The molecule has 0 bridgehead atoms. The summed E-state index contributed by atoms with van der Waals surface area (Å²) in [6.45, 7) is 4.27. The van der Waals surface area contributed by atoms with Gasteiger partial charge in [-0.1, -0.05) is 17.4 Å². The smallest absolute Gasteiger partial charge is 0.301 e. The summed E-state index contributed by atoms with van der Waals surface area (Å²) in [5, 5.41) is 11.9. The second kappa shape index (κ2) is 10.4. The van der Waals surface area contributed by atoms with E-state index < -0.39 is 17.7 Å². The van der Waals surface area contributed by atoms with Gasteiger partial charge in [0.25, 0.3) is 5.78 Å². The molecule has 3 heterocycles. The number of amides is 1. The predicted octanol–water partition coefficient (Wildman–Crippen LogP) is 5.66. The number of aliphatic hydroxyl groups excluding tert-OH is 1. The first-order valence-corrected chi connectivity index (χ1v) is 14.0. The number of ether oxygens (including phenoxy) is 4. The van der Waals surface area contributed by atoms with E-state index in [1.165, 1.54) is 23.3 Å². The van der Waals surface area contributed by atoms with Crippen molar-refractivity contribution < 1.29 is 33.6 Å². The zero-order valence-corrected chi connectivity index (χ0v) is 23.8. The maximum absolute atomic E-state index is 13.7. The number of anilines is 1. The number of carbonyl (C=O) groups is 2. The number of benzene rings is 3. The van der Waals surface area contributed by atoms with Crippen molar-refractivity contribution in [3.05, 3.63) is 76.9 Å². The first-order valence-electron chi connectivity index (χ1n) is 13.2. The van der Waals surface area contributed by atoms with Crippen molar-refractivity contribution in [2.75, 3.05) is 25.7 Å². The van der Waals surface area contributed by atoms with Gasteiger partial charge in [-0.15, -0.1) is 0 Å². The lowest BCUT2D eigenvalue weighted by Gasteiger charge is -2.24. The van der Waals surface area contributed by atoms with E-state index >= 15 is 0 Å². The molecule has 210 valence electrons. The van der Waals surface area contributed by atoms with E-state index in [1.54, 1.807) is 55.6 Å². The van der Waals surface area contributed by atoms with Crippen LogP contribution in [-0.4, -0.2) is 48.7 Å². The fraction of sp³-hybridized carbons (Fsp3) is 0.258. The Morgan fingerprint density at radius 3 is 2.66 bits per heavy atom. The molecule has 2 aliphatic heterocycles. The molecule has 4 aromatic rings. The molecule has 1 N–H and O–H groups in total. The monoisotopic (exact) mass is 572 g/mol. The molecule has 41 heavy (non-hydrogen) atoms. The van der Waals surface area contributed by atoms with Gasteiger partial charge in [0.2, 0.25) is 0 Å². The average Bonchev–Trinajstić information content (AvgIpc) is 3.64. The van der Waals surface area contributed by atoms with Gasteiger partial charge in [0.1, 0.15) is 23.4 Å². The second-order valence-corrected chi connectivity index (χ2v) is 10.8. The number of aromatic nitrogens is 1. The molecule has 3 aromatic carbocycles. The SMILES string of the molecule is CCOc1ccc(C2C(=C(O)c3ccc4c(c3)CC(C)O4)C(=O)C(=O)N2c2nc3ccc(OC)cc3s2)cc1OC. The Balaban J connectivity index is 1.54. The fourth-order valence-electron chi connectivity index (χ4n) is 5.32. The molecule has 0 spiro atoms. The van der Waals surface area contributed by atoms with Gasteiger partial charge in [0.15, 0.2) is 16.6 Å². The first kappa shape index (κ1) is 26.6. The number of thiazole rings is 1. The molecule has 1 saturated heterocycles. The molecule has 1 fully saturated rings. The number of ketones is 1. The Morgan fingerprint density at radius 1 is 1.07 bits per heavy atom. The number of Topliss-reactive ketones (excluding diaryl/α,β-unsaturated/α-hetero) is 1. The van der Waals surface area contributed by atoms with Gasteiger partial charge in [0.05, 0.1) is 42.7 Å². The topological polar surface area (TPSA) is 107 Å². The quantitative estimate of drug-likeness (QED) is 0.172. The van der Waals surface area contributed by atoms with Gasteiger partial charge in [-0.05, 0) is 73.5 Å². The lowest BCUT2D eigenvalue weighted by molar-refractivity contribution is -0.132. The minimum Gasteiger partial charge on any atom is -0.507 e. The van der Waals surface area contributed by atoms with Crippen molar-refractivity contribution in [1.29, 1.82) is 0 Å². The van der Waals surface area contributed by atoms with Crippen molar-refractivity contribution >= 4 is 44.1 Å². The Kier molecular flexibility index (Phi) is 6.78. The molecule has 2 aliphatic rings. The Hall–Kier alpha value is -4.57. The van der Waals surface area contributed by atoms with E-state index in [1.807, 2.05) is 19.9 Å². The number of aliphatic hydroxyl groups is 1. The summed E-state index contributed by atoms with van der Waals surface area (Å²) in [5.74, 6) is 0.498. The molecule has 1 aromatic heterocycles. The van der Waals surface area contributed by atoms with Crippen LogP contribution in [0.5, 0.6) is 23.0 Å². The van der Waals surface area contributed by atoms with Crippen molar-refractivity contribution in [2.24, 2.45) is 0 Å². The van der Waals surface area contributed by atoms with Crippen LogP contribution in [0, 0.1) is 0 Å². The average molecular weight is 573 g/mol. The first-order chi connectivity index (χ1) is 19.8. The van der Waals surface area contributed by atoms with Crippen LogP contribution < -0.4 is 23.8 Å². The molecule has 2 atom stereocenters. The van der Waals surface area contributed by atoms with Gasteiger partial charge >= 0.3 is 5.91 Å². The van der Waals surface area contributed by atoms with E-state index in [2.05, 4.69) is 4.98 Å². The number of hydrogen-bond acceptors (Lipinski definition) is 9. The zero-order valence-electron chi connectivity index (χ0n) is 23.0. The van der Waals surface area contributed by atoms with Crippen molar-refractivity contribution in [3.63, 3.8) is 0 Å². The summed E-state index contributed by atoms with van der Waals surface area (Å²) in [7, 11) is 3.10. The van der Waals surface area contributed by atoms with Crippen LogP contribution >= 0.6 is 11.3 Å². The van der Waals surface area contributed by atoms with Crippen LogP contribution in [0.25, 0.3) is 16.0 Å². The molecule has 0 saturated carbocycles. The molecular weight excluding hydrogens is 544 g/mol. The molecule has 10 heteroatoms. The molecular formula is C31H28N2O7S. The Labute approximate surface area is 240 Å².